The lowest BCUT2D eigenvalue weighted by atomic mass is 9.74. The smallest absolute Gasteiger partial charge is 0.228 e. The first-order valence-corrected chi connectivity index (χ1v) is 14.0. The third-order valence-electron chi connectivity index (χ3n) is 7.56. The van der Waals surface area contributed by atoms with Gasteiger partial charge in [-0.25, -0.2) is 4.98 Å². The molecule has 2 aliphatic rings. The number of ether oxygens (including phenoxy) is 1. The number of rotatable bonds is 9. The van der Waals surface area contributed by atoms with Crippen molar-refractivity contribution >= 4 is 17.5 Å². The molecule has 0 bridgehead atoms. The number of nitrogens with one attached hydrogen (secondary N) is 2. The van der Waals surface area contributed by atoms with Crippen LogP contribution in [0.15, 0.2) is 66.9 Å². The lowest BCUT2D eigenvalue weighted by Gasteiger charge is -2.46. The van der Waals surface area contributed by atoms with Crippen molar-refractivity contribution in [3.05, 3.63) is 78.0 Å². The largest absolute Gasteiger partial charge is 0.489 e. The van der Waals surface area contributed by atoms with Crippen LogP contribution < -0.4 is 15.4 Å². The van der Waals surface area contributed by atoms with Crippen molar-refractivity contribution in [2.45, 2.75) is 77.5 Å². The summed E-state index contributed by atoms with van der Waals surface area (Å²) in [6, 6.07) is 19.5. The Morgan fingerprint density at radius 2 is 1.67 bits per heavy atom. The number of piperidine rings is 1. The normalized spacial score (nSPS) is 18.4. The quantitative estimate of drug-likeness (QED) is 0.300. The molecule has 3 aromatic rings. The summed E-state index contributed by atoms with van der Waals surface area (Å²) in [4.78, 5) is 29.4. The van der Waals surface area contributed by atoms with Gasteiger partial charge in [-0.05, 0) is 94.7 Å². The molecule has 39 heavy (non-hydrogen) atoms. The number of ketones is 1. The number of amides is 1. The Kier molecular flexibility index (Phi) is 7.59. The number of benzene rings is 2. The van der Waals surface area contributed by atoms with E-state index in [1.807, 2.05) is 60.7 Å². The van der Waals surface area contributed by atoms with Gasteiger partial charge in [0.2, 0.25) is 5.91 Å². The minimum absolute atomic E-state index is 0.0400. The maximum absolute atomic E-state index is 13.0. The topological polar surface area (TPSA) is 80.3 Å². The third kappa shape index (κ3) is 7.33. The second-order valence-electron chi connectivity index (χ2n) is 12.5. The predicted molar refractivity (Wildman–Crippen MR) is 155 cm³/mol. The molecule has 1 saturated carbocycles. The summed E-state index contributed by atoms with van der Waals surface area (Å²) in [7, 11) is 0. The molecule has 5 rings (SSSR count). The maximum atomic E-state index is 13.0. The second kappa shape index (κ2) is 10.9. The molecule has 204 valence electrons. The molecule has 1 aliphatic carbocycles. The number of carbonyl (C=O) groups excluding carboxylic acids is 2. The van der Waals surface area contributed by atoms with Gasteiger partial charge in [-0.2, -0.15) is 0 Å². The summed E-state index contributed by atoms with van der Waals surface area (Å²) in [6.07, 6.45) is 6.29. The lowest BCUT2D eigenvalue weighted by Crippen LogP contribution is -2.57. The Bertz CT molecular complexity index is 1310. The fourth-order valence-electron chi connectivity index (χ4n) is 5.99. The minimum Gasteiger partial charge on any atom is -0.489 e. The van der Waals surface area contributed by atoms with Crippen molar-refractivity contribution in [1.82, 2.24) is 10.3 Å². The van der Waals surface area contributed by atoms with E-state index in [9.17, 15) is 9.59 Å². The number of pyridine rings is 1. The summed E-state index contributed by atoms with van der Waals surface area (Å²) in [5.41, 5.74) is 3.80. The lowest BCUT2D eigenvalue weighted by molar-refractivity contribution is -0.117. The van der Waals surface area contributed by atoms with Gasteiger partial charge in [0.15, 0.2) is 5.78 Å². The van der Waals surface area contributed by atoms with E-state index in [0.717, 1.165) is 53.7 Å². The van der Waals surface area contributed by atoms with Gasteiger partial charge in [-0.15, -0.1) is 0 Å². The Morgan fingerprint density at radius 1 is 0.949 bits per heavy atom. The van der Waals surface area contributed by atoms with Gasteiger partial charge in [0.25, 0.3) is 0 Å². The third-order valence-corrected chi connectivity index (χ3v) is 7.56. The molecule has 0 atom stereocenters. The molecule has 0 unspecified atom stereocenters. The van der Waals surface area contributed by atoms with E-state index >= 15 is 0 Å². The van der Waals surface area contributed by atoms with Crippen LogP contribution in [0.5, 0.6) is 5.75 Å². The van der Waals surface area contributed by atoms with Crippen LogP contribution in [0.25, 0.3) is 11.1 Å². The molecule has 2 N–H and O–H groups in total. The van der Waals surface area contributed by atoms with Crippen molar-refractivity contribution in [3.8, 4) is 16.9 Å². The van der Waals surface area contributed by atoms with Gasteiger partial charge in [-0.3, -0.25) is 9.59 Å². The molecule has 2 heterocycles. The Labute approximate surface area is 231 Å². The molecule has 1 aromatic heterocycles. The van der Waals surface area contributed by atoms with Gasteiger partial charge < -0.3 is 15.4 Å². The molecule has 1 amide bonds. The van der Waals surface area contributed by atoms with Gasteiger partial charge in [0, 0.05) is 40.7 Å². The Morgan fingerprint density at radius 3 is 2.31 bits per heavy atom. The van der Waals surface area contributed by atoms with E-state index in [-0.39, 0.29) is 28.7 Å². The van der Waals surface area contributed by atoms with E-state index in [0.29, 0.717) is 24.8 Å². The molecular weight excluding hydrogens is 486 g/mol. The number of Topliss-reactive ketones (excluding diaryl/α,β-unsaturated/α-hetero) is 1. The van der Waals surface area contributed by atoms with Crippen LogP contribution in [0.1, 0.15) is 75.7 Å². The first-order valence-electron chi connectivity index (χ1n) is 14.0. The van der Waals surface area contributed by atoms with Crippen LogP contribution >= 0.6 is 0 Å². The molecule has 6 nitrogen and oxygen atoms in total. The summed E-state index contributed by atoms with van der Waals surface area (Å²) in [5, 5.41) is 6.57. The van der Waals surface area contributed by atoms with Crippen LogP contribution in [0, 0.1) is 11.8 Å². The van der Waals surface area contributed by atoms with Crippen molar-refractivity contribution < 1.29 is 14.3 Å². The van der Waals surface area contributed by atoms with Gasteiger partial charge >= 0.3 is 0 Å². The maximum Gasteiger partial charge on any atom is 0.228 e. The fraction of sp³-hybridized carbons (Fsp3) is 0.424. The molecule has 0 spiro atoms. The average Bonchev–Trinajstić information content (AvgIpc) is 3.72. The van der Waals surface area contributed by atoms with Gasteiger partial charge in [0.1, 0.15) is 18.2 Å². The van der Waals surface area contributed by atoms with Crippen LogP contribution in [0.3, 0.4) is 0 Å². The summed E-state index contributed by atoms with van der Waals surface area (Å²) in [6.45, 7) is 9.30. The molecule has 1 aliphatic heterocycles. The molecule has 2 fully saturated rings. The Hall–Kier alpha value is -3.51. The molecule has 2 aromatic carbocycles. The number of aromatic nitrogens is 1. The molecule has 6 heteroatoms. The van der Waals surface area contributed by atoms with Crippen molar-refractivity contribution in [2.75, 3.05) is 5.32 Å². The summed E-state index contributed by atoms with van der Waals surface area (Å²) < 4.78 is 6.06. The van der Waals surface area contributed by atoms with E-state index in [1.54, 1.807) is 6.20 Å². The van der Waals surface area contributed by atoms with Crippen molar-refractivity contribution in [2.24, 2.45) is 11.8 Å². The number of carbonyl (C=O) groups is 2. The zero-order valence-electron chi connectivity index (χ0n) is 23.4. The molecular formula is C33H39N3O3. The number of hydrogen-bond donors (Lipinski definition) is 2. The average molecular weight is 526 g/mol. The standard InChI is InChI=1S/C33H39N3O3/c1-32(2)18-23(19-33(3,4)36-32)16-29(37)24-10-8-22(9-11-24)21-39-28-7-5-6-26(17-28)27-14-15-30(34-20-27)35-31(38)25-12-13-25/h5-11,14-15,17,20,23,25,36H,12-13,16,18-19,21H2,1-4H3,(H,34,35,38). The molecule has 1 saturated heterocycles. The number of anilines is 1. The van der Waals surface area contributed by atoms with Crippen LogP contribution in [0.2, 0.25) is 0 Å². The highest BCUT2D eigenvalue weighted by atomic mass is 16.5. The predicted octanol–water partition coefficient (Wildman–Crippen LogP) is 6.81. The zero-order valence-corrected chi connectivity index (χ0v) is 23.4. The summed E-state index contributed by atoms with van der Waals surface area (Å²) in [5.74, 6) is 2.13. The van der Waals surface area contributed by atoms with Crippen LogP contribution in [-0.4, -0.2) is 27.8 Å². The first-order chi connectivity index (χ1) is 18.6. The van der Waals surface area contributed by atoms with Gasteiger partial charge in [0.05, 0.1) is 0 Å². The zero-order chi connectivity index (χ0) is 27.6. The van der Waals surface area contributed by atoms with Crippen LogP contribution in [-0.2, 0) is 11.4 Å². The van der Waals surface area contributed by atoms with E-state index in [4.69, 9.17) is 4.74 Å². The monoisotopic (exact) mass is 525 g/mol. The highest BCUT2D eigenvalue weighted by Gasteiger charge is 2.38. The fourth-order valence-corrected chi connectivity index (χ4v) is 5.99. The first kappa shape index (κ1) is 27.1. The van der Waals surface area contributed by atoms with E-state index in [2.05, 4.69) is 43.3 Å². The number of nitrogens with zero attached hydrogens (tertiary/aromatic N) is 1. The van der Waals surface area contributed by atoms with Crippen molar-refractivity contribution in [3.63, 3.8) is 0 Å². The Balaban J connectivity index is 1.15. The SMILES string of the molecule is CC1(C)CC(CC(=O)c2ccc(COc3cccc(-c4ccc(NC(=O)C5CC5)nc4)c3)cc2)CC(C)(C)N1. The van der Waals surface area contributed by atoms with E-state index < -0.39 is 0 Å². The highest BCUT2D eigenvalue weighted by Crippen LogP contribution is 2.35. The molecule has 0 radical (unpaired) electrons. The minimum atomic E-state index is 0.0400. The highest BCUT2D eigenvalue weighted by molar-refractivity contribution is 5.96. The second-order valence-corrected chi connectivity index (χ2v) is 12.5. The van der Waals surface area contributed by atoms with Gasteiger partial charge in [-0.1, -0.05) is 36.4 Å². The van der Waals surface area contributed by atoms with Crippen molar-refractivity contribution in [1.29, 1.82) is 0 Å². The van der Waals surface area contributed by atoms with Crippen LogP contribution in [0.4, 0.5) is 5.82 Å². The van der Waals surface area contributed by atoms with E-state index in [1.165, 1.54) is 0 Å². The summed E-state index contributed by atoms with van der Waals surface area (Å²) >= 11 is 0. The number of hydrogen-bond acceptors (Lipinski definition) is 5.